The fraction of sp³-hybridized carbons (Fsp3) is 0.474. The summed E-state index contributed by atoms with van der Waals surface area (Å²) in [5, 5.41) is 4.99. The summed E-state index contributed by atoms with van der Waals surface area (Å²) in [4.78, 5) is 46.7. The molecule has 148 valence electrons. The largest absolute Gasteiger partial charge is 0.467 e. The van der Waals surface area contributed by atoms with Crippen molar-refractivity contribution in [3.8, 4) is 0 Å². The number of rotatable bonds is 7. The van der Waals surface area contributed by atoms with Crippen LogP contribution in [0.1, 0.15) is 43.6 Å². The van der Waals surface area contributed by atoms with E-state index in [9.17, 15) is 19.2 Å². The van der Waals surface area contributed by atoms with Gasteiger partial charge in [0.05, 0.1) is 13.7 Å². The minimum atomic E-state index is -0.928. The first-order chi connectivity index (χ1) is 12.5. The van der Waals surface area contributed by atoms with E-state index in [0.717, 1.165) is 0 Å². The summed E-state index contributed by atoms with van der Waals surface area (Å²) in [6.07, 6.45) is -0.556. The van der Waals surface area contributed by atoms with Crippen molar-refractivity contribution in [3.63, 3.8) is 0 Å². The lowest BCUT2D eigenvalue weighted by Crippen LogP contribution is -2.45. The molecule has 8 heteroatoms. The van der Waals surface area contributed by atoms with Gasteiger partial charge in [-0.15, -0.1) is 0 Å². The molecule has 0 heterocycles. The van der Waals surface area contributed by atoms with E-state index >= 15 is 0 Å². The van der Waals surface area contributed by atoms with E-state index in [1.54, 1.807) is 45.0 Å². The highest BCUT2D eigenvalue weighted by Gasteiger charge is 2.25. The maximum absolute atomic E-state index is 12.0. The molecule has 0 fully saturated rings. The Balaban J connectivity index is 2.78. The van der Waals surface area contributed by atoms with Crippen LogP contribution in [0.4, 0.5) is 4.79 Å². The summed E-state index contributed by atoms with van der Waals surface area (Å²) in [7, 11) is 1.23. The molecule has 1 rings (SSSR count). The van der Waals surface area contributed by atoms with Gasteiger partial charge in [-0.3, -0.25) is 9.59 Å². The summed E-state index contributed by atoms with van der Waals surface area (Å²) in [6, 6.07) is 5.55. The maximum Gasteiger partial charge on any atom is 0.408 e. The van der Waals surface area contributed by atoms with E-state index in [-0.39, 0.29) is 24.7 Å². The second-order valence-electron chi connectivity index (χ2n) is 7.01. The molecule has 0 aliphatic rings. The first kappa shape index (κ1) is 22.1. The van der Waals surface area contributed by atoms with Gasteiger partial charge in [-0.05, 0) is 45.4 Å². The van der Waals surface area contributed by atoms with Crippen LogP contribution in [0.3, 0.4) is 0 Å². The van der Waals surface area contributed by atoms with E-state index in [4.69, 9.17) is 9.47 Å². The Hall–Kier alpha value is -2.90. The Morgan fingerprint density at radius 1 is 1.07 bits per heavy atom. The number of alkyl carbamates (subject to hydrolysis) is 1. The van der Waals surface area contributed by atoms with Gasteiger partial charge < -0.3 is 20.1 Å². The molecule has 1 aromatic carbocycles. The third-order valence-electron chi connectivity index (χ3n) is 3.33. The van der Waals surface area contributed by atoms with Crippen molar-refractivity contribution < 1.29 is 28.7 Å². The third kappa shape index (κ3) is 8.35. The van der Waals surface area contributed by atoms with Crippen LogP contribution in [0.15, 0.2) is 24.3 Å². The third-order valence-corrected chi connectivity index (χ3v) is 3.33. The Kier molecular flexibility index (Phi) is 7.96. The molecule has 27 heavy (non-hydrogen) atoms. The minimum absolute atomic E-state index is 0.0369. The predicted octanol–water partition coefficient (Wildman–Crippen LogP) is 1.61. The van der Waals surface area contributed by atoms with Gasteiger partial charge in [0, 0.05) is 12.0 Å². The summed E-state index contributed by atoms with van der Waals surface area (Å²) in [5.74, 6) is -1.12. The number of esters is 1. The molecular formula is C19H26N2O6. The number of hydrogen-bond acceptors (Lipinski definition) is 6. The number of methoxy groups -OCH3 is 1. The molecule has 0 spiro atoms. The van der Waals surface area contributed by atoms with E-state index in [1.807, 2.05) is 0 Å². The molecule has 1 aromatic rings. The topological polar surface area (TPSA) is 111 Å². The second kappa shape index (κ2) is 9.70. The quantitative estimate of drug-likeness (QED) is 0.698. The minimum Gasteiger partial charge on any atom is -0.467 e. The van der Waals surface area contributed by atoms with E-state index in [1.165, 1.54) is 14.0 Å². The Morgan fingerprint density at radius 2 is 1.67 bits per heavy atom. The van der Waals surface area contributed by atoms with Crippen LogP contribution < -0.4 is 10.6 Å². The predicted molar refractivity (Wildman–Crippen MR) is 98.3 cm³/mol. The molecule has 1 atom stereocenters. The molecular weight excluding hydrogens is 352 g/mol. The normalized spacial score (nSPS) is 11.9. The van der Waals surface area contributed by atoms with Crippen LogP contribution in [-0.4, -0.2) is 49.1 Å². The SMILES string of the molecule is COC(=O)C(Cc1ccc(C(=O)NCC(C)=O)cc1)NC(=O)OC(C)(C)C. The average Bonchev–Trinajstić information content (AvgIpc) is 2.57. The number of nitrogens with one attached hydrogen (secondary N) is 2. The molecule has 0 saturated heterocycles. The van der Waals surface area contributed by atoms with Crippen molar-refractivity contribution in [2.75, 3.05) is 13.7 Å². The number of Topliss-reactive ketones (excluding diaryl/α,β-unsaturated/α-hetero) is 1. The van der Waals surface area contributed by atoms with Gasteiger partial charge in [0.25, 0.3) is 5.91 Å². The van der Waals surface area contributed by atoms with Crippen molar-refractivity contribution in [1.29, 1.82) is 0 Å². The van der Waals surface area contributed by atoms with E-state index in [2.05, 4.69) is 10.6 Å². The van der Waals surface area contributed by atoms with Crippen molar-refractivity contribution in [2.45, 2.75) is 45.8 Å². The van der Waals surface area contributed by atoms with Gasteiger partial charge in [0.15, 0.2) is 0 Å². The number of hydrogen-bond donors (Lipinski definition) is 2. The van der Waals surface area contributed by atoms with Crippen LogP contribution in [0, 0.1) is 0 Å². The number of amides is 2. The molecule has 2 N–H and O–H groups in total. The second-order valence-corrected chi connectivity index (χ2v) is 7.01. The first-order valence-electron chi connectivity index (χ1n) is 8.45. The fourth-order valence-corrected chi connectivity index (χ4v) is 2.12. The number of ketones is 1. The van der Waals surface area contributed by atoms with Crippen molar-refractivity contribution in [2.24, 2.45) is 0 Å². The Bertz CT molecular complexity index is 691. The van der Waals surface area contributed by atoms with Crippen LogP contribution in [0.2, 0.25) is 0 Å². The Morgan fingerprint density at radius 3 is 2.15 bits per heavy atom. The van der Waals surface area contributed by atoms with Crippen molar-refractivity contribution in [3.05, 3.63) is 35.4 Å². The monoisotopic (exact) mass is 378 g/mol. The van der Waals surface area contributed by atoms with Gasteiger partial charge in [-0.25, -0.2) is 9.59 Å². The summed E-state index contributed by atoms with van der Waals surface area (Å²) < 4.78 is 9.89. The van der Waals surface area contributed by atoms with Gasteiger partial charge >= 0.3 is 12.1 Å². The van der Waals surface area contributed by atoms with Crippen LogP contribution in [-0.2, 0) is 25.5 Å². The molecule has 0 aliphatic carbocycles. The number of benzene rings is 1. The van der Waals surface area contributed by atoms with Crippen molar-refractivity contribution in [1.82, 2.24) is 10.6 Å². The van der Waals surface area contributed by atoms with Gasteiger partial charge in [-0.2, -0.15) is 0 Å². The molecule has 2 amide bonds. The van der Waals surface area contributed by atoms with Gasteiger partial charge in [-0.1, -0.05) is 12.1 Å². The molecule has 8 nitrogen and oxygen atoms in total. The highest BCUT2D eigenvalue weighted by atomic mass is 16.6. The highest BCUT2D eigenvalue weighted by Crippen LogP contribution is 2.10. The summed E-state index contributed by atoms with van der Waals surface area (Å²) in [5.41, 5.74) is 0.402. The molecule has 0 saturated carbocycles. The molecule has 0 radical (unpaired) electrons. The smallest absolute Gasteiger partial charge is 0.408 e. The molecule has 0 aliphatic heterocycles. The summed E-state index contributed by atoms with van der Waals surface area (Å²) >= 11 is 0. The summed E-state index contributed by atoms with van der Waals surface area (Å²) in [6.45, 7) is 6.50. The Labute approximate surface area is 158 Å². The first-order valence-corrected chi connectivity index (χ1v) is 8.45. The lowest BCUT2D eigenvalue weighted by molar-refractivity contribution is -0.143. The molecule has 0 aromatic heterocycles. The molecule has 0 bridgehead atoms. The molecule has 1 unspecified atom stereocenters. The standard InChI is InChI=1S/C19H26N2O6/c1-12(22)11-20-16(23)14-8-6-13(7-9-14)10-15(17(24)26-5)21-18(25)27-19(2,3)4/h6-9,15H,10-11H2,1-5H3,(H,20,23)(H,21,25). The fourth-order valence-electron chi connectivity index (χ4n) is 2.12. The average molecular weight is 378 g/mol. The number of carbonyl (C=O) groups is 4. The van der Waals surface area contributed by atoms with Crippen LogP contribution >= 0.6 is 0 Å². The maximum atomic E-state index is 12.0. The van der Waals surface area contributed by atoms with E-state index in [0.29, 0.717) is 11.1 Å². The highest BCUT2D eigenvalue weighted by molar-refractivity contribution is 5.96. The van der Waals surface area contributed by atoms with Gasteiger partial charge in [0.2, 0.25) is 0 Å². The van der Waals surface area contributed by atoms with Crippen molar-refractivity contribution >= 4 is 23.8 Å². The lowest BCUT2D eigenvalue weighted by Gasteiger charge is -2.22. The zero-order valence-electron chi connectivity index (χ0n) is 16.3. The van der Waals surface area contributed by atoms with Crippen LogP contribution in [0.25, 0.3) is 0 Å². The zero-order valence-corrected chi connectivity index (χ0v) is 16.3. The lowest BCUT2D eigenvalue weighted by atomic mass is 10.0. The number of ether oxygens (including phenoxy) is 2. The van der Waals surface area contributed by atoms with Gasteiger partial charge in [0.1, 0.15) is 17.4 Å². The number of carbonyl (C=O) groups excluding carboxylic acids is 4. The van der Waals surface area contributed by atoms with E-state index < -0.39 is 23.7 Å². The van der Waals surface area contributed by atoms with Crippen LogP contribution in [0.5, 0.6) is 0 Å². The zero-order chi connectivity index (χ0) is 20.6.